The fourth-order valence-corrected chi connectivity index (χ4v) is 2.61. The number of piperidine rings is 2. The van der Waals surface area contributed by atoms with Gasteiger partial charge in [0.25, 0.3) is 5.92 Å². The Hall–Kier alpha value is -0.220. The Balaban J connectivity index is 2.12. The lowest BCUT2D eigenvalue weighted by molar-refractivity contribution is -0.159. The molecule has 2 rings (SSSR count). The molecule has 14 heavy (non-hydrogen) atoms. The lowest BCUT2D eigenvalue weighted by Crippen LogP contribution is -2.57. The van der Waals surface area contributed by atoms with E-state index in [1.807, 2.05) is 7.05 Å². The van der Waals surface area contributed by atoms with Crippen LogP contribution in [-0.4, -0.2) is 44.0 Å². The maximum atomic E-state index is 13.8. The van der Waals surface area contributed by atoms with Gasteiger partial charge in [-0.3, -0.25) is 0 Å². The van der Waals surface area contributed by atoms with Crippen molar-refractivity contribution in [2.75, 3.05) is 33.2 Å². The molecule has 1 spiro atoms. The highest BCUT2D eigenvalue weighted by molar-refractivity contribution is 5.00. The fourth-order valence-electron chi connectivity index (χ4n) is 2.61. The molecule has 2 aliphatic rings. The second-order valence-corrected chi connectivity index (χ2v) is 4.71. The molecule has 4 heteroatoms. The van der Waals surface area contributed by atoms with Crippen molar-refractivity contribution in [1.29, 1.82) is 0 Å². The van der Waals surface area contributed by atoms with E-state index in [1.165, 1.54) is 0 Å². The molecule has 0 aliphatic carbocycles. The van der Waals surface area contributed by atoms with Gasteiger partial charge in [0.15, 0.2) is 0 Å². The zero-order valence-electron chi connectivity index (χ0n) is 8.65. The van der Waals surface area contributed by atoms with Gasteiger partial charge >= 0.3 is 0 Å². The van der Waals surface area contributed by atoms with E-state index in [4.69, 9.17) is 0 Å². The molecule has 0 radical (unpaired) electrons. The lowest BCUT2D eigenvalue weighted by Gasteiger charge is -2.48. The molecule has 1 N–H and O–H groups in total. The first-order valence-corrected chi connectivity index (χ1v) is 5.33. The van der Waals surface area contributed by atoms with Crippen molar-refractivity contribution in [2.45, 2.75) is 25.2 Å². The molecule has 0 amide bonds. The van der Waals surface area contributed by atoms with Crippen molar-refractivity contribution in [1.82, 2.24) is 10.2 Å². The van der Waals surface area contributed by atoms with Crippen molar-refractivity contribution in [3.8, 4) is 0 Å². The molecule has 0 aromatic rings. The van der Waals surface area contributed by atoms with Crippen molar-refractivity contribution >= 4 is 0 Å². The first kappa shape index (κ1) is 10.3. The summed E-state index contributed by atoms with van der Waals surface area (Å²) in [5, 5.41) is 2.79. The van der Waals surface area contributed by atoms with Crippen LogP contribution < -0.4 is 5.32 Å². The van der Waals surface area contributed by atoms with Gasteiger partial charge in [-0.25, -0.2) is 8.78 Å². The highest BCUT2D eigenvalue weighted by Crippen LogP contribution is 2.48. The van der Waals surface area contributed by atoms with Gasteiger partial charge in [0, 0.05) is 5.41 Å². The smallest absolute Gasteiger partial charge is 0.265 e. The molecule has 0 aromatic heterocycles. The van der Waals surface area contributed by atoms with Crippen LogP contribution in [0.2, 0.25) is 0 Å². The number of rotatable bonds is 0. The molecule has 0 unspecified atom stereocenters. The van der Waals surface area contributed by atoms with Crippen LogP contribution in [-0.2, 0) is 0 Å². The summed E-state index contributed by atoms with van der Waals surface area (Å²) in [6.07, 6.45) is 1.93. The maximum Gasteiger partial charge on any atom is 0.265 e. The van der Waals surface area contributed by atoms with Gasteiger partial charge in [-0.1, -0.05) is 0 Å². The SMILES string of the molecule is CN1CCC2(CCNCC2(F)F)CC1. The second kappa shape index (κ2) is 3.42. The van der Waals surface area contributed by atoms with Crippen molar-refractivity contribution in [2.24, 2.45) is 5.41 Å². The Morgan fingerprint density at radius 1 is 1.14 bits per heavy atom. The minimum absolute atomic E-state index is 0.128. The summed E-state index contributed by atoms with van der Waals surface area (Å²) in [5.74, 6) is -2.51. The number of hydrogen-bond donors (Lipinski definition) is 1. The molecule has 2 aliphatic heterocycles. The summed E-state index contributed by atoms with van der Waals surface area (Å²) in [6.45, 7) is 2.25. The summed E-state index contributed by atoms with van der Waals surface area (Å²) in [5.41, 5.74) is -0.704. The Morgan fingerprint density at radius 2 is 1.79 bits per heavy atom. The van der Waals surface area contributed by atoms with Crippen molar-refractivity contribution < 1.29 is 8.78 Å². The Bertz CT molecular complexity index is 210. The molecule has 0 saturated carbocycles. The number of nitrogens with one attached hydrogen (secondary N) is 1. The number of nitrogens with zero attached hydrogens (tertiary/aromatic N) is 1. The summed E-state index contributed by atoms with van der Waals surface area (Å²) < 4.78 is 27.6. The largest absolute Gasteiger partial charge is 0.311 e. The van der Waals surface area contributed by atoms with Crippen LogP contribution in [0.5, 0.6) is 0 Å². The van der Waals surface area contributed by atoms with Gasteiger partial charge in [-0.05, 0) is 45.9 Å². The van der Waals surface area contributed by atoms with E-state index >= 15 is 0 Å². The maximum absolute atomic E-state index is 13.8. The molecular weight excluding hydrogens is 186 g/mol. The first-order valence-electron chi connectivity index (χ1n) is 5.33. The first-order chi connectivity index (χ1) is 6.56. The molecule has 82 valence electrons. The normalized spacial score (nSPS) is 31.9. The van der Waals surface area contributed by atoms with Crippen LogP contribution in [0.3, 0.4) is 0 Å². The molecular formula is C10H18F2N2. The van der Waals surface area contributed by atoms with E-state index in [0.717, 1.165) is 19.6 Å². The van der Waals surface area contributed by atoms with Crippen LogP contribution in [0.4, 0.5) is 8.78 Å². The molecule has 2 nitrogen and oxygen atoms in total. The van der Waals surface area contributed by atoms with Crippen LogP contribution in [0.15, 0.2) is 0 Å². The van der Waals surface area contributed by atoms with E-state index in [2.05, 4.69) is 10.2 Å². The van der Waals surface area contributed by atoms with Gasteiger partial charge < -0.3 is 10.2 Å². The summed E-state index contributed by atoms with van der Waals surface area (Å²) in [4.78, 5) is 2.14. The zero-order chi connectivity index (χ0) is 10.2. The van der Waals surface area contributed by atoms with Gasteiger partial charge in [0.05, 0.1) is 6.54 Å². The topological polar surface area (TPSA) is 15.3 Å². The van der Waals surface area contributed by atoms with E-state index in [-0.39, 0.29) is 6.54 Å². The predicted octanol–water partition coefficient (Wildman–Crippen LogP) is 1.33. The fraction of sp³-hybridized carbons (Fsp3) is 1.00. The van der Waals surface area contributed by atoms with Crippen LogP contribution in [0.1, 0.15) is 19.3 Å². The van der Waals surface area contributed by atoms with Crippen molar-refractivity contribution in [3.05, 3.63) is 0 Å². The molecule has 0 aromatic carbocycles. The highest BCUT2D eigenvalue weighted by atomic mass is 19.3. The summed E-state index contributed by atoms with van der Waals surface area (Å²) in [7, 11) is 2.01. The van der Waals surface area contributed by atoms with Gasteiger partial charge in [-0.15, -0.1) is 0 Å². The third-order valence-electron chi connectivity index (χ3n) is 3.85. The van der Waals surface area contributed by atoms with E-state index in [9.17, 15) is 8.78 Å². The monoisotopic (exact) mass is 204 g/mol. The summed E-state index contributed by atoms with van der Waals surface area (Å²) >= 11 is 0. The Morgan fingerprint density at radius 3 is 2.36 bits per heavy atom. The van der Waals surface area contributed by atoms with E-state index in [0.29, 0.717) is 19.3 Å². The lowest BCUT2D eigenvalue weighted by atomic mass is 9.69. The predicted molar refractivity (Wildman–Crippen MR) is 51.6 cm³/mol. The molecule has 2 fully saturated rings. The zero-order valence-corrected chi connectivity index (χ0v) is 8.65. The molecule has 0 atom stereocenters. The highest BCUT2D eigenvalue weighted by Gasteiger charge is 2.55. The van der Waals surface area contributed by atoms with Crippen LogP contribution in [0.25, 0.3) is 0 Å². The third kappa shape index (κ3) is 1.54. The number of likely N-dealkylation sites (tertiary alicyclic amines) is 1. The minimum Gasteiger partial charge on any atom is -0.311 e. The molecule has 0 bridgehead atoms. The quantitative estimate of drug-likeness (QED) is 0.640. The number of alkyl halides is 2. The third-order valence-corrected chi connectivity index (χ3v) is 3.85. The average Bonchev–Trinajstić information content (AvgIpc) is 2.14. The minimum atomic E-state index is -2.51. The van der Waals surface area contributed by atoms with E-state index < -0.39 is 11.3 Å². The molecule has 2 heterocycles. The Labute approximate surface area is 83.7 Å². The summed E-state index contributed by atoms with van der Waals surface area (Å²) in [6, 6.07) is 0. The standard InChI is InChI=1S/C10H18F2N2/c1-14-6-3-9(4-7-14)2-5-13-8-10(9,11)12/h13H,2-8H2,1H3. The number of hydrogen-bond acceptors (Lipinski definition) is 2. The molecule has 2 saturated heterocycles. The second-order valence-electron chi connectivity index (χ2n) is 4.71. The number of halogens is 2. The van der Waals surface area contributed by atoms with Gasteiger partial charge in [-0.2, -0.15) is 0 Å². The average molecular weight is 204 g/mol. The Kier molecular flexibility index (Phi) is 2.52. The van der Waals surface area contributed by atoms with Crippen molar-refractivity contribution in [3.63, 3.8) is 0 Å². The van der Waals surface area contributed by atoms with E-state index in [1.54, 1.807) is 0 Å². The van der Waals surface area contributed by atoms with Crippen LogP contribution >= 0.6 is 0 Å². The van der Waals surface area contributed by atoms with Crippen LogP contribution in [0, 0.1) is 5.41 Å². The van der Waals surface area contributed by atoms with Gasteiger partial charge in [0.2, 0.25) is 0 Å². The van der Waals surface area contributed by atoms with Gasteiger partial charge in [0.1, 0.15) is 0 Å².